The lowest BCUT2D eigenvalue weighted by Crippen LogP contribution is -2.36. The molecule has 0 radical (unpaired) electrons. The molecule has 1 aromatic heterocycles. The van der Waals surface area contributed by atoms with Crippen molar-refractivity contribution in [3.63, 3.8) is 0 Å². The molecule has 2 rings (SSSR count). The van der Waals surface area contributed by atoms with Crippen LogP contribution in [-0.4, -0.2) is 22.4 Å². The maximum Gasteiger partial charge on any atom is 0.225 e. The first kappa shape index (κ1) is 13.3. The number of nitrogens with zero attached hydrogens (tertiary/aromatic N) is 1. The van der Waals surface area contributed by atoms with Gasteiger partial charge in [-0.15, -0.1) is 0 Å². The van der Waals surface area contributed by atoms with E-state index in [1.165, 1.54) is 0 Å². The summed E-state index contributed by atoms with van der Waals surface area (Å²) in [7, 11) is 0. The topological polar surface area (TPSA) is 83.8 Å². The molecule has 0 saturated carbocycles. The molecule has 5 heteroatoms. The Kier molecular flexibility index (Phi) is 4.69. The van der Waals surface area contributed by atoms with Crippen molar-refractivity contribution in [3.8, 4) is 0 Å². The molecule has 1 unspecified atom stereocenters. The van der Waals surface area contributed by atoms with Crippen LogP contribution in [0.25, 0.3) is 0 Å². The summed E-state index contributed by atoms with van der Waals surface area (Å²) in [6.07, 6.45) is 3.94. The van der Waals surface area contributed by atoms with Gasteiger partial charge in [-0.1, -0.05) is 30.3 Å². The van der Waals surface area contributed by atoms with Crippen molar-refractivity contribution >= 4 is 5.91 Å². The lowest BCUT2D eigenvalue weighted by Gasteiger charge is -2.14. The second-order valence-electron chi connectivity index (χ2n) is 4.42. The molecule has 0 aliphatic heterocycles. The minimum Gasteiger partial charge on any atom is -0.350 e. The van der Waals surface area contributed by atoms with Crippen molar-refractivity contribution in [2.45, 2.75) is 13.0 Å². The Balaban J connectivity index is 1.88. The molecule has 1 atom stereocenters. The van der Waals surface area contributed by atoms with E-state index in [9.17, 15) is 4.79 Å². The van der Waals surface area contributed by atoms with Crippen LogP contribution in [0.15, 0.2) is 42.9 Å². The number of nitrogens with two attached hydrogens (primary N) is 1. The van der Waals surface area contributed by atoms with Crippen molar-refractivity contribution in [1.29, 1.82) is 0 Å². The van der Waals surface area contributed by atoms with Gasteiger partial charge in [0.15, 0.2) is 0 Å². The first-order chi connectivity index (χ1) is 9.29. The first-order valence-electron chi connectivity index (χ1n) is 6.28. The number of H-pyrrole nitrogens is 1. The third-order valence-corrected chi connectivity index (χ3v) is 2.99. The minimum atomic E-state index is -0.203. The van der Waals surface area contributed by atoms with Gasteiger partial charge in [-0.3, -0.25) is 4.79 Å². The largest absolute Gasteiger partial charge is 0.350 e. The maximum atomic E-state index is 12.0. The van der Waals surface area contributed by atoms with E-state index in [-0.39, 0.29) is 11.8 Å². The number of carbonyl (C=O) groups excluding carboxylic acids is 1. The number of carbonyl (C=O) groups is 1. The van der Waals surface area contributed by atoms with E-state index < -0.39 is 0 Å². The average Bonchev–Trinajstić information content (AvgIpc) is 2.96. The van der Waals surface area contributed by atoms with Crippen molar-refractivity contribution in [1.82, 2.24) is 15.3 Å². The number of amides is 1. The Morgan fingerprint density at radius 2 is 2.16 bits per heavy atom. The van der Waals surface area contributed by atoms with Gasteiger partial charge in [-0.05, 0) is 12.0 Å². The third-order valence-electron chi connectivity index (χ3n) is 2.99. The molecule has 2 aromatic rings. The van der Waals surface area contributed by atoms with Crippen molar-refractivity contribution in [2.24, 2.45) is 11.7 Å². The number of aromatic amines is 1. The van der Waals surface area contributed by atoms with Crippen molar-refractivity contribution < 1.29 is 4.79 Å². The molecule has 0 fully saturated rings. The second kappa shape index (κ2) is 6.70. The number of imidazole rings is 1. The zero-order valence-corrected chi connectivity index (χ0v) is 10.7. The predicted molar refractivity (Wildman–Crippen MR) is 73.1 cm³/mol. The summed E-state index contributed by atoms with van der Waals surface area (Å²) in [5.74, 6) is -0.230. The summed E-state index contributed by atoms with van der Waals surface area (Å²) < 4.78 is 0. The molecular weight excluding hydrogens is 240 g/mol. The standard InChI is InChI=1S/C14H18N4O/c15-7-12(6-11-4-2-1-3-5-11)14(19)17-9-13-8-16-10-18-13/h1-5,8,10,12H,6-7,9,15H2,(H,16,18)(H,17,19). The molecule has 0 bridgehead atoms. The summed E-state index contributed by atoms with van der Waals surface area (Å²) in [4.78, 5) is 18.9. The van der Waals surface area contributed by atoms with Gasteiger partial charge < -0.3 is 16.0 Å². The van der Waals surface area contributed by atoms with Gasteiger partial charge in [0.05, 0.1) is 24.5 Å². The highest BCUT2D eigenvalue weighted by Crippen LogP contribution is 2.08. The Bertz CT molecular complexity index is 495. The van der Waals surface area contributed by atoms with Gasteiger partial charge in [0.2, 0.25) is 5.91 Å². The van der Waals surface area contributed by atoms with Crippen LogP contribution in [0.1, 0.15) is 11.3 Å². The molecule has 0 spiro atoms. The normalized spacial score (nSPS) is 12.1. The fourth-order valence-corrected chi connectivity index (χ4v) is 1.89. The third kappa shape index (κ3) is 3.93. The van der Waals surface area contributed by atoms with Gasteiger partial charge in [0.1, 0.15) is 0 Å². The Morgan fingerprint density at radius 3 is 2.79 bits per heavy atom. The van der Waals surface area contributed by atoms with E-state index in [4.69, 9.17) is 5.73 Å². The van der Waals surface area contributed by atoms with Gasteiger partial charge in [0, 0.05) is 12.7 Å². The summed E-state index contributed by atoms with van der Waals surface area (Å²) in [6, 6.07) is 9.89. The molecule has 1 heterocycles. The fraction of sp³-hybridized carbons (Fsp3) is 0.286. The van der Waals surface area contributed by atoms with E-state index >= 15 is 0 Å². The van der Waals surface area contributed by atoms with Crippen LogP contribution in [0, 0.1) is 5.92 Å². The number of hydrogen-bond donors (Lipinski definition) is 3. The average molecular weight is 258 g/mol. The lowest BCUT2D eigenvalue weighted by atomic mass is 9.98. The Hall–Kier alpha value is -2.14. The van der Waals surface area contributed by atoms with E-state index in [2.05, 4.69) is 15.3 Å². The highest BCUT2D eigenvalue weighted by molar-refractivity contribution is 5.79. The van der Waals surface area contributed by atoms with Crippen LogP contribution >= 0.6 is 0 Å². The van der Waals surface area contributed by atoms with Crippen LogP contribution < -0.4 is 11.1 Å². The zero-order valence-electron chi connectivity index (χ0n) is 10.7. The van der Waals surface area contributed by atoms with E-state index in [1.54, 1.807) is 12.5 Å². The van der Waals surface area contributed by atoms with Crippen LogP contribution in [0.2, 0.25) is 0 Å². The fourth-order valence-electron chi connectivity index (χ4n) is 1.89. The van der Waals surface area contributed by atoms with Gasteiger partial charge in [0.25, 0.3) is 0 Å². The number of rotatable bonds is 6. The van der Waals surface area contributed by atoms with E-state index in [0.717, 1.165) is 11.3 Å². The molecular formula is C14H18N4O. The molecule has 0 saturated heterocycles. The molecule has 1 amide bonds. The van der Waals surface area contributed by atoms with Gasteiger partial charge >= 0.3 is 0 Å². The van der Waals surface area contributed by atoms with Gasteiger partial charge in [-0.25, -0.2) is 4.98 Å². The maximum absolute atomic E-state index is 12.0. The molecule has 0 aliphatic rings. The highest BCUT2D eigenvalue weighted by Gasteiger charge is 2.16. The van der Waals surface area contributed by atoms with E-state index in [1.807, 2.05) is 30.3 Å². The number of hydrogen-bond acceptors (Lipinski definition) is 3. The number of aromatic nitrogens is 2. The molecule has 100 valence electrons. The number of benzene rings is 1. The number of nitrogens with one attached hydrogen (secondary N) is 2. The molecule has 5 nitrogen and oxygen atoms in total. The second-order valence-corrected chi connectivity index (χ2v) is 4.42. The SMILES string of the molecule is NCC(Cc1ccccc1)C(=O)NCc1cnc[nH]1. The highest BCUT2D eigenvalue weighted by atomic mass is 16.1. The van der Waals surface area contributed by atoms with Crippen LogP contribution in [0.3, 0.4) is 0 Å². The molecule has 1 aromatic carbocycles. The van der Waals surface area contributed by atoms with Gasteiger partial charge in [-0.2, -0.15) is 0 Å². The summed E-state index contributed by atoms with van der Waals surface area (Å²) in [5.41, 5.74) is 7.69. The van der Waals surface area contributed by atoms with Crippen LogP contribution in [0.4, 0.5) is 0 Å². The van der Waals surface area contributed by atoms with E-state index in [0.29, 0.717) is 19.5 Å². The summed E-state index contributed by atoms with van der Waals surface area (Å²) >= 11 is 0. The van der Waals surface area contributed by atoms with Crippen molar-refractivity contribution in [3.05, 3.63) is 54.1 Å². The van der Waals surface area contributed by atoms with Crippen molar-refractivity contribution in [2.75, 3.05) is 6.54 Å². The Morgan fingerprint density at radius 1 is 1.37 bits per heavy atom. The first-order valence-corrected chi connectivity index (χ1v) is 6.28. The smallest absolute Gasteiger partial charge is 0.225 e. The van der Waals surface area contributed by atoms with Crippen LogP contribution in [-0.2, 0) is 17.8 Å². The monoisotopic (exact) mass is 258 g/mol. The molecule has 0 aliphatic carbocycles. The Labute approximate surface area is 112 Å². The minimum absolute atomic E-state index is 0.0269. The molecule has 4 N–H and O–H groups in total. The summed E-state index contributed by atoms with van der Waals surface area (Å²) in [6.45, 7) is 0.786. The molecule has 19 heavy (non-hydrogen) atoms. The zero-order chi connectivity index (χ0) is 13.5. The summed E-state index contributed by atoms with van der Waals surface area (Å²) in [5, 5.41) is 2.87. The van der Waals surface area contributed by atoms with Crippen LogP contribution in [0.5, 0.6) is 0 Å². The predicted octanol–water partition coefficient (Wildman–Crippen LogP) is 0.843. The lowest BCUT2D eigenvalue weighted by molar-refractivity contribution is -0.124. The quantitative estimate of drug-likeness (QED) is 0.718.